The van der Waals surface area contributed by atoms with E-state index in [4.69, 9.17) is 4.74 Å². The number of benzene rings is 1. The van der Waals surface area contributed by atoms with E-state index in [2.05, 4.69) is 15.6 Å². The van der Waals surface area contributed by atoms with Crippen LogP contribution in [0.1, 0.15) is 45.6 Å². The molecule has 29 heavy (non-hydrogen) atoms. The predicted molar refractivity (Wildman–Crippen MR) is 113 cm³/mol. The summed E-state index contributed by atoms with van der Waals surface area (Å²) in [5.74, 6) is -0.480. The molecule has 3 rings (SSSR count). The van der Waals surface area contributed by atoms with Gasteiger partial charge in [-0.05, 0) is 43.0 Å². The number of aryl methyl sites for hydroxylation is 2. The molecule has 0 aliphatic carbocycles. The Kier molecular flexibility index (Phi) is 6.61. The molecule has 0 radical (unpaired) electrons. The Bertz CT molecular complexity index is 1030. The molecule has 152 valence electrons. The maximum Gasteiger partial charge on any atom is 0.287 e. The molecule has 2 aromatic heterocycles. The maximum absolute atomic E-state index is 13.0. The number of aromatic nitrogens is 2. The second-order valence-corrected chi connectivity index (χ2v) is 6.76. The van der Waals surface area contributed by atoms with Gasteiger partial charge >= 0.3 is 0 Å². The van der Waals surface area contributed by atoms with Crippen molar-refractivity contribution in [3.05, 3.63) is 65.2 Å². The third kappa shape index (κ3) is 4.46. The average molecular weight is 394 g/mol. The van der Waals surface area contributed by atoms with Gasteiger partial charge in [-0.2, -0.15) is 0 Å². The largest absolute Gasteiger partial charge is 0.385 e. The van der Waals surface area contributed by atoms with Crippen LogP contribution in [0.3, 0.4) is 0 Å². The van der Waals surface area contributed by atoms with Crippen molar-refractivity contribution in [3.8, 4) is 0 Å². The lowest BCUT2D eigenvalue weighted by atomic mass is 10.1. The van der Waals surface area contributed by atoms with Gasteiger partial charge in [0.05, 0.1) is 5.52 Å². The second kappa shape index (κ2) is 9.34. The van der Waals surface area contributed by atoms with Crippen molar-refractivity contribution in [2.75, 3.05) is 25.6 Å². The molecule has 2 heterocycles. The van der Waals surface area contributed by atoms with Gasteiger partial charge in [0.1, 0.15) is 0 Å². The van der Waals surface area contributed by atoms with Crippen molar-refractivity contribution >= 4 is 23.0 Å². The van der Waals surface area contributed by atoms with Gasteiger partial charge in [-0.25, -0.2) is 4.98 Å². The molecule has 7 nitrogen and oxygen atoms in total. The van der Waals surface area contributed by atoms with E-state index in [0.29, 0.717) is 25.1 Å². The van der Waals surface area contributed by atoms with E-state index >= 15 is 0 Å². The number of ether oxygens (including phenoxy) is 1. The van der Waals surface area contributed by atoms with Crippen LogP contribution in [0.25, 0.3) is 5.52 Å². The van der Waals surface area contributed by atoms with Gasteiger partial charge in [0.25, 0.3) is 11.8 Å². The number of hydrogen-bond acceptors (Lipinski definition) is 4. The summed E-state index contributed by atoms with van der Waals surface area (Å²) in [5.41, 5.74) is 3.63. The van der Waals surface area contributed by atoms with Crippen LogP contribution in [0.2, 0.25) is 0 Å². The maximum atomic E-state index is 13.0. The lowest BCUT2D eigenvalue weighted by Crippen LogP contribution is -2.27. The van der Waals surface area contributed by atoms with Gasteiger partial charge in [-0.15, -0.1) is 0 Å². The minimum atomic E-state index is -0.337. The molecule has 3 aromatic rings. The number of carbonyl (C=O) groups is 2. The van der Waals surface area contributed by atoms with Gasteiger partial charge in [0.15, 0.2) is 5.69 Å². The zero-order chi connectivity index (χ0) is 20.8. The van der Waals surface area contributed by atoms with Crippen LogP contribution in [0.5, 0.6) is 0 Å². The highest BCUT2D eigenvalue weighted by molar-refractivity contribution is 6.09. The Morgan fingerprint density at radius 3 is 2.72 bits per heavy atom. The molecule has 0 bridgehead atoms. The van der Waals surface area contributed by atoms with Gasteiger partial charge < -0.3 is 15.4 Å². The van der Waals surface area contributed by atoms with Gasteiger partial charge in [0, 0.05) is 32.1 Å². The van der Waals surface area contributed by atoms with Crippen LogP contribution >= 0.6 is 0 Å². The van der Waals surface area contributed by atoms with Crippen LogP contribution < -0.4 is 10.6 Å². The number of fused-ring (bicyclic) bond motifs is 1. The van der Waals surface area contributed by atoms with Gasteiger partial charge in [0.2, 0.25) is 5.82 Å². The third-order valence-electron chi connectivity index (χ3n) is 4.76. The molecule has 0 atom stereocenters. The van der Waals surface area contributed by atoms with Crippen molar-refractivity contribution in [2.45, 2.75) is 26.7 Å². The fourth-order valence-corrected chi connectivity index (χ4v) is 3.24. The summed E-state index contributed by atoms with van der Waals surface area (Å²) in [6.45, 7) is 5.03. The van der Waals surface area contributed by atoms with Crippen molar-refractivity contribution in [1.29, 1.82) is 0 Å². The summed E-state index contributed by atoms with van der Waals surface area (Å²) in [6, 6.07) is 11.3. The lowest BCUT2D eigenvalue weighted by Gasteiger charge is -2.12. The fourth-order valence-electron chi connectivity index (χ4n) is 3.24. The van der Waals surface area contributed by atoms with Crippen molar-refractivity contribution < 1.29 is 14.3 Å². The topological polar surface area (TPSA) is 84.7 Å². The zero-order valence-electron chi connectivity index (χ0n) is 17.0. The van der Waals surface area contributed by atoms with Crippen LogP contribution in [-0.4, -0.2) is 41.5 Å². The number of rotatable bonds is 8. The monoisotopic (exact) mass is 394 g/mol. The molecule has 0 spiro atoms. The molecule has 7 heteroatoms. The summed E-state index contributed by atoms with van der Waals surface area (Å²) in [4.78, 5) is 30.0. The predicted octanol–water partition coefficient (Wildman–Crippen LogP) is 3.22. The van der Waals surface area contributed by atoms with E-state index in [9.17, 15) is 9.59 Å². The Morgan fingerprint density at radius 1 is 1.14 bits per heavy atom. The lowest BCUT2D eigenvalue weighted by molar-refractivity contribution is 0.0937. The molecule has 0 aliphatic rings. The van der Waals surface area contributed by atoms with Gasteiger partial charge in [-0.1, -0.05) is 31.2 Å². The molecule has 0 unspecified atom stereocenters. The average Bonchev–Trinajstić information content (AvgIpc) is 3.12. The molecule has 0 saturated heterocycles. The number of nitrogens with one attached hydrogen (secondary N) is 2. The fraction of sp³-hybridized carbons (Fsp3) is 0.318. The second-order valence-electron chi connectivity index (χ2n) is 6.76. The first-order valence-corrected chi connectivity index (χ1v) is 9.70. The van der Waals surface area contributed by atoms with Crippen LogP contribution in [0, 0.1) is 6.92 Å². The van der Waals surface area contributed by atoms with Crippen molar-refractivity contribution in [2.24, 2.45) is 0 Å². The normalized spacial score (nSPS) is 10.9. The highest BCUT2D eigenvalue weighted by atomic mass is 16.5. The number of methoxy groups -OCH3 is 1. The molecule has 0 fully saturated rings. The summed E-state index contributed by atoms with van der Waals surface area (Å²) in [7, 11) is 1.62. The van der Waals surface area contributed by atoms with E-state index in [1.807, 2.05) is 38.1 Å². The Labute approximate surface area is 170 Å². The summed E-state index contributed by atoms with van der Waals surface area (Å²) < 4.78 is 6.63. The standard InChI is InChI=1S/C22H26N4O3/c1-4-16-10-7-9-15(2)18(16)25-21(27)19-17-11-5-6-13-26(17)20(24-19)22(28)23-12-8-14-29-3/h5-7,9-11,13H,4,8,12,14H2,1-3H3,(H,23,28)(H,25,27). The zero-order valence-corrected chi connectivity index (χ0v) is 17.0. The van der Waals surface area contributed by atoms with Crippen LogP contribution in [0.4, 0.5) is 5.69 Å². The first-order valence-electron chi connectivity index (χ1n) is 9.70. The number of pyridine rings is 1. The minimum absolute atomic E-state index is 0.184. The smallest absolute Gasteiger partial charge is 0.287 e. The highest BCUT2D eigenvalue weighted by Gasteiger charge is 2.22. The van der Waals surface area contributed by atoms with Crippen LogP contribution in [-0.2, 0) is 11.2 Å². The number of carbonyl (C=O) groups excluding carboxylic acids is 2. The highest BCUT2D eigenvalue weighted by Crippen LogP contribution is 2.23. The minimum Gasteiger partial charge on any atom is -0.385 e. The Morgan fingerprint density at radius 2 is 1.97 bits per heavy atom. The Hall–Kier alpha value is -3.19. The summed E-state index contributed by atoms with van der Waals surface area (Å²) in [5, 5.41) is 5.81. The van der Waals surface area contributed by atoms with E-state index < -0.39 is 0 Å². The molecular weight excluding hydrogens is 368 g/mol. The first-order chi connectivity index (χ1) is 14.1. The van der Waals surface area contributed by atoms with E-state index in [-0.39, 0.29) is 23.3 Å². The third-order valence-corrected chi connectivity index (χ3v) is 4.76. The number of amides is 2. The van der Waals surface area contributed by atoms with Crippen molar-refractivity contribution in [3.63, 3.8) is 0 Å². The van der Waals surface area contributed by atoms with Gasteiger partial charge in [-0.3, -0.25) is 14.0 Å². The van der Waals surface area contributed by atoms with E-state index in [1.165, 1.54) is 0 Å². The Balaban J connectivity index is 1.90. The molecule has 1 aromatic carbocycles. The molecule has 0 aliphatic heterocycles. The molecule has 2 amide bonds. The first kappa shape index (κ1) is 20.5. The molecule has 0 saturated carbocycles. The van der Waals surface area contributed by atoms with E-state index in [1.54, 1.807) is 29.8 Å². The van der Waals surface area contributed by atoms with Crippen LogP contribution in [0.15, 0.2) is 42.6 Å². The van der Waals surface area contributed by atoms with Crippen molar-refractivity contribution in [1.82, 2.24) is 14.7 Å². The SMILES string of the molecule is CCc1cccc(C)c1NC(=O)c1nc(C(=O)NCCCOC)n2ccccc12. The molecular formula is C22H26N4O3. The molecule has 2 N–H and O–H groups in total. The quantitative estimate of drug-likeness (QED) is 0.575. The number of para-hydroxylation sites is 1. The number of nitrogens with zero attached hydrogens (tertiary/aromatic N) is 2. The summed E-state index contributed by atoms with van der Waals surface area (Å²) >= 11 is 0. The number of anilines is 1. The number of hydrogen-bond donors (Lipinski definition) is 2. The van der Waals surface area contributed by atoms with E-state index in [0.717, 1.165) is 23.2 Å². The number of imidazole rings is 1. The summed E-state index contributed by atoms with van der Waals surface area (Å²) in [6.07, 6.45) is 3.23.